The number of allylic oxidation sites excluding steroid dienone is 2. The maximum absolute atomic E-state index is 10.6. The van der Waals surface area contributed by atoms with E-state index in [1.54, 1.807) is 18.2 Å². The van der Waals surface area contributed by atoms with E-state index in [0.717, 1.165) is 4.88 Å². The van der Waals surface area contributed by atoms with Crippen LogP contribution in [0.15, 0.2) is 48.6 Å². The van der Waals surface area contributed by atoms with E-state index in [-0.39, 0.29) is 24.2 Å². The molecule has 3 atom stereocenters. The van der Waals surface area contributed by atoms with Crippen LogP contribution in [0.2, 0.25) is 0 Å². The van der Waals surface area contributed by atoms with Gasteiger partial charge in [-0.2, -0.15) is 5.26 Å². The SMILES string of the molecule is N#Cc1ccc(C2OCC(C/C=C\CCC(=O)O)C(c3ccccc3O)O2)s1. The number of phenols is 1. The molecular weight excluding hydrogens is 378 g/mol. The lowest BCUT2D eigenvalue weighted by atomic mass is 9.91. The molecule has 3 rings (SSSR count). The van der Waals surface area contributed by atoms with Crippen molar-refractivity contribution in [3.63, 3.8) is 0 Å². The van der Waals surface area contributed by atoms with E-state index in [1.807, 2.05) is 30.4 Å². The molecule has 1 aromatic heterocycles. The van der Waals surface area contributed by atoms with Crippen LogP contribution in [0.25, 0.3) is 0 Å². The second kappa shape index (κ2) is 9.51. The van der Waals surface area contributed by atoms with Crippen molar-refractivity contribution >= 4 is 17.3 Å². The first-order valence-corrected chi connectivity index (χ1v) is 9.81. The van der Waals surface area contributed by atoms with Crippen LogP contribution < -0.4 is 0 Å². The van der Waals surface area contributed by atoms with Crippen molar-refractivity contribution in [3.05, 3.63) is 63.9 Å². The maximum atomic E-state index is 10.6. The Bertz CT molecular complexity index is 885. The van der Waals surface area contributed by atoms with Crippen molar-refractivity contribution in [2.24, 2.45) is 5.92 Å². The summed E-state index contributed by atoms with van der Waals surface area (Å²) in [5.74, 6) is -0.686. The normalized spacial score (nSPS) is 22.2. The molecule has 1 fully saturated rings. The van der Waals surface area contributed by atoms with Gasteiger partial charge in [-0.1, -0.05) is 30.4 Å². The number of hydrogen-bond donors (Lipinski definition) is 2. The lowest BCUT2D eigenvalue weighted by Gasteiger charge is -2.36. The van der Waals surface area contributed by atoms with E-state index in [4.69, 9.17) is 19.8 Å². The number of aliphatic carboxylic acids is 1. The fourth-order valence-electron chi connectivity index (χ4n) is 3.11. The summed E-state index contributed by atoms with van der Waals surface area (Å²) in [4.78, 5) is 12.0. The standard InChI is InChI=1S/C21H21NO5S/c22-12-15-10-11-18(28-15)21-26-13-14(6-2-1-3-9-19(24)25)20(27-21)16-7-4-5-8-17(16)23/h1-2,4-5,7-8,10-11,14,20-21,23H,3,6,9,13H2,(H,24,25)/b2-1-. The molecule has 2 aromatic rings. The molecule has 0 saturated carbocycles. The van der Waals surface area contributed by atoms with Crippen LogP contribution in [0.5, 0.6) is 5.75 Å². The summed E-state index contributed by atoms with van der Waals surface area (Å²) in [6.07, 6.45) is 4.02. The summed E-state index contributed by atoms with van der Waals surface area (Å²) in [7, 11) is 0. The smallest absolute Gasteiger partial charge is 0.303 e. The molecule has 2 N–H and O–H groups in total. The third-order valence-corrected chi connectivity index (χ3v) is 5.51. The number of aromatic hydroxyl groups is 1. The van der Waals surface area contributed by atoms with Gasteiger partial charge in [0.1, 0.15) is 16.7 Å². The Morgan fingerprint density at radius 1 is 1.29 bits per heavy atom. The van der Waals surface area contributed by atoms with Crippen LogP contribution in [0.3, 0.4) is 0 Å². The Balaban J connectivity index is 1.75. The van der Waals surface area contributed by atoms with Gasteiger partial charge in [0.15, 0.2) is 6.29 Å². The molecule has 1 aromatic carbocycles. The Labute approximate surface area is 167 Å². The highest BCUT2D eigenvalue weighted by molar-refractivity contribution is 7.12. The third kappa shape index (κ3) is 4.98. The highest BCUT2D eigenvalue weighted by Crippen LogP contribution is 2.43. The zero-order valence-corrected chi connectivity index (χ0v) is 16.0. The Hall–Kier alpha value is -2.66. The second-order valence-corrected chi connectivity index (χ2v) is 7.61. The highest BCUT2D eigenvalue weighted by atomic mass is 32.1. The van der Waals surface area contributed by atoms with Gasteiger partial charge in [-0.05, 0) is 31.0 Å². The minimum absolute atomic E-state index is 0.0268. The molecule has 2 heterocycles. The molecule has 0 radical (unpaired) electrons. The minimum atomic E-state index is -0.823. The first-order valence-electron chi connectivity index (χ1n) is 9.00. The lowest BCUT2D eigenvalue weighted by molar-refractivity contribution is -0.242. The summed E-state index contributed by atoms with van der Waals surface area (Å²) in [6.45, 7) is 0.423. The quantitative estimate of drug-likeness (QED) is 0.663. The van der Waals surface area contributed by atoms with Crippen molar-refractivity contribution in [1.29, 1.82) is 5.26 Å². The zero-order chi connectivity index (χ0) is 19.9. The summed E-state index contributed by atoms with van der Waals surface area (Å²) in [5.41, 5.74) is 0.691. The Kier molecular flexibility index (Phi) is 6.82. The summed E-state index contributed by atoms with van der Waals surface area (Å²) in [6, 6.07) is 12.7. The van der Waals surface area contributed by atoms with Crippen molar-refractivity contribution in [3.8, 4) is 11.8 Å². The van der Waals surface area contributed by atoms with Gasteiger partial charge in [0.2, 0.25) is 0 Å². The number of thiophene rings is 1. The van der Waals surface area contributed by atoms with Crippen molar-refractivity contribution < 1.29 is 24.5 Å². The molecular formula is C21H21NO5S. The van der Waals surface area contributed by atoms with E-state index >= 15 is 0 Å². The van der Waals surface area contributed by atoms with Gasteiger partial charge in [0.25, 0.3) is 0 Å². The van der Waals surface area contributed by atoms with Gasteiger partial charge >= 0.3 is 5.97 Å². The molecule has 28 heavy (non-hydrogen) atoms. The third-order valence-electron chi connectivity index (χ3n) is 4.50. The molecule has 7 heteroatoms. The average Bonchev–Trinajstić information content (AvgIpc) is 3.17. The van der Waals surface area contributed by atoms with Gasteiger partial charge in [-0.3, -0.25) is 4.79 Å². The largest absolute Gasteiger partial charge is 0.508 e. The van der Waals surface area contributed by atoms with Crippen molar-refractivity contribution in [2.75, 3.05) is 6.61 Å². The van der Waals surface area contributed by atoms with Crippen LogP contribution in [-0.4, -0.2) is 22.8 Å². The van der Waals surface area contributed by atoms with E-state index in [9.17, 15) is 9.90 Å². The molecule has 6 nitrogen and oxygen atoms in total. The monoisotopic (exact) mass is 399 g/mol. The van der Waals surface area contributed by atoms with Crippen LogP contribution in [0.4, 0.5) is 0 Å². The first-order chi connectivity index (χ1) is 13.6. The molecule has 1 saturated heterocycles. The van der Waals surface area contributed by atoms with Gasteiger partial charge in [-0.25, -0.2) is 0 Å². The van der Waals surface area contributed by atoms with E-state index in [1.165, 1.54) is 11.3 Å². The topological polar surface area (TPSA) is 99.8 Å². The number of ether oxygens (including phenoxy) is 2. The van der Waals surface area contributed by atoms with E-state index in [2.05, 4.69) is 6.07 Å². The molecule has 1 aliphatic heterocycles. The van der Waals surface area contributed by atoms with Gasteiger partial charge < -0.3 is 19.7 Å². The minimum Gasteiger partial charge on any atom is -0.508 e. The molecule has 1 aliphatic rings. The van der Waals surface area contributed by atoms with Crippen LogP contribution >= 0.6 is 11.3 Å². The maximum Gasteiger partial charge on any atom is 0.303 e. The van der Waals surface area contributed by atoms with Gasteiger partial charge in [0.05, 0.1) is 17.6 Å². The Morgan fingerprint density at radius 2 is 2.11 bits per heavy atom. The Morgan fingerprint density at radius 3 is 2.82 bits per heavy atom. The first kappa shape index (κ1) is 20.1. The van der Waals surface area contributed by atoms with Crippen molar-refractivity contribution in [1.82, 2.24) is 0 Å². The number of phenolic OH excluding ortho intramolecular Hbond substituents is 1. The van der Waals surface area contributed by atoms with Crippen molar-refractivity contribution in [2.45, 2.75) is 31.7 Å². The number of para-hydroxylation sites is 1. The summed E-state index contributed by atoms with van der Waals surface area (Å²) in [5, 5.41) is 28.1. The molecule has 146 valence electrons. The number of nitriles is 1. The fraction of sp³-hybridized carbons (Fsp3) is 0.333. The molecule has 0 bridgehead atoms. The number of carbonyl (C=O) groups is 1. The molecule has 0 amide bonds. The van der Waals surface area contributed by atoms with Crippen LogP contribution in [0.1, 0.15) is 47.0 Å². The number of rotatable bonds is 7. The molecule has 3 unspecified atom stereocenters. The number of nitrogens with zero attached hydrogens (tertiary/aromatic N) is 1. The predicted molar refractivity (Wildman–Crippen MR) is 104 cm³/mol. The average molecular weight is 399 g/mol. The van der Waals surface area contributed by atoms with E-state index < -0.39 is 12.3 Å². The number of benzene rings is 1. The summed E-state index contributed by atoms with van der Waals surface area (Å²) >= 11 is 1.33. The van der Waals surface area contributed by atoms with Crippen LogP contribution in [-0.2, 0) is 14.3 Å². The molecule has 0 spiro atoms. The van der Waals surface area contributed by atoms with E-state index in [0.29, 0.717) is 29.9 Å². The number of carboxylic acid groups (broad SMARTS) is 1. The summed E-state index contributed by atoms with van der Waals surface area (Å²) < 4.78 is 12.1. The number of carboxylic acids is 1. The lowest BCUT2D eigenvalue weighted by Crippen LogP contribution is -2.30. The fourth-order valence-corrected chi connectivity index (χ4v) is 3.90. The van der Waals surface area contributed by atoms with Crippen LogP contribution in [0, 0.1) is 17.2 Å². The number of hydrogen-bond acceptors (Lipinski definition) is 6. The predicted octanol–water partition coefficient (Wildman–Crippen LogP) is 4.54. The highest BCUT2D eigenvalue weighted by Gasteiger charge is 2.35. The second-order valence-electron chi connectivity index (χ2n) is 6.49. The zero-order valence-electron chi connectivity index (χ0n) is 15.2. The van der Waals surface area contributed by atoms with Gasteiger partial charge in [0, 0.05) is 17.9 Å². The van der Waals surface area contributed by atoms with Gasteiger partial charge in [-0.15, -0.1) is 11.3 Å². The molecule has 0 aliphatic carbocycles.